The molecule has 8 heteroatoms. The maximum atomic E-state index is 12.4. The summed E-state index contributed by atoms with van der Waals surface area (Å²) >= 11 is 1.22. The molecule has 0 bridgehead atoms. The topological polar surface area (TPSA) is 79.5 Å². The fraction of sp³-hybridized carbons (Fsp3) is 0.333. The molecule has 5 nitrogen and oxygen atoms in total. The van der Waals surface area contributed by atoms with Crippen molar-refractivity contribution >= 4 is 32.6 Å². The normalized spacial score (nSPS) is 11.2. The minimum Gasteiger partial charge on any atom is -0.395 e. The number of fused-ring (bicyclic) bond motifs is 1. The summed E-state index contributed by atoms with van der Waals surface area (Å²) in [5, 5.41) is 9.24. The highest BCUT2D eigenvalue weighted by Gasteiger charge is 2.19. The van der Waals surface area contributed by atoms with Crippen LogP contribution in [0.4, 0.5) is 13.9 Å². The van der Waals surface area contributed by atoms with Crippen LogP contribution in [0, 0.1) is 0 Å². The second kappa shape index (κ2) is 6.10. The van der Waals surface area contributed by atoms with Crippen LogP contribution in [0.25, 0.3) is 10.2 Å². The zero-order valence-electron chi connectivity index (χ0n) is 10.4. The largest absolute Gasteiger partial charge is 0.395 e. The number of alkyl halides is 2. The van der Waals surface area contributed by atoms with Gasteiger partial charge in [-0.2, -0.15) is 0 Å². The molecule has 0 saturated heterocycles. The van der Waals surface area contributed by atoms with E-state index in [0.717, 1.165) is 4.90 Å². The molecule has 0 aliphatic heterocycles. The van der Waals surface area contributed by atoms with Crippen LogP contribution in [0.2, 0.25) is 0 Å². The number of aliphatic hydroxyl groups excluding tert-OH is 1. The van der Waals surface area contributed by atoms with Gasteiger partial charge in [-0.05, 0) is 18.2 Å². The third-order valence-corrected chi connectivity index (χ3v) is 3.51. The van der Waals surface area contributed by atoms with E-state index in [1.165, 1.54) is 17.4 Å². The zero-order valence-corrected chi connectivity index (χ0v) is 11.2. The van der Waals surface area contributed by atoms with Crippen molar-refractivity contribution in [1.82, 2.24) is 9.88 Å². The molecule has 1 aromatic carbocycles. The molecule has 0 radical (unpaired) electrons. The molecule has 0 aliphatic carbocycles. The standard InChI is InChI=1S/C12H13F2N3O2S/c13-10(14)6-17(3-4-18)11(19)7-1-2-8-9(5-7)20-12(15)16-8/h1-2,5,10,18H,3-4,6H2,(H2,15,16). The van der Waals surface area contributed by atoms with Gasteiger partial charge >= 0.3 is 0 Å². The van der Waals surface area contributed by atoms with Crippen LogP contribution in [0.1, 0.15) is 10.4 Å². The summed E-state index contributed by atoms with van der Waals surface area (Å²) in [6.07, 6.45) is -2.65. The Morgan fingerprint density at radius 1 is 1.50 bits per heavy atom. The van der Waals surface area contributed by atoms with Gasteiger partial charge in [0.15, 0.2) is 5.13 Å². The van der Waals surface area contributed by atoms with Gasteiger partial charge in [0.1, 0.15) is 0 Å². The molecule has 1 heterocycles. The quantitative estimate of drug-likeness (QED) is 0.878. The number of hydrogen-bond donors (Lipinski definition) is 2. The lowest BCUT2D eigenvalue weighted by Gasteiger charge is -2.21. The van der Waals surface area contributed by atoms with Crippen LogP contribution < -0.4 is 5.73 Å². The van der Waals surface area contributed by atoms with Crippen molar-refractivity contribution in [3.8, 4) is 0 Å². The molecule has 2 aromatic rings. The third kappa shape index (κ3) is 3.20. The number of rotatable bonds is 5. The van der Waals surface area contributed by atoms with Crippen LogP contribution in [-0.4, -0.2) is 47.0 Å². The van der Waals surface area contributed by atoms with Crippen LogP contribution in [-0.2, 0) is 0 Å². The Morgan fingerprint density at radius 2 is 2.25 bits per heavy atom. The van der Waals surface area contributed by atoms with Gasteiger partial charge in [-0.1, -0.05) is 11.3 Å². The summed E-state index contributed by atoms with van der Waals surface area (Å²) in [4.78, 5) is 17.1. The molecular formula is C12H13F2N3O2S. The maximum Gasteiger partial charge on any atom is 0.255 e. The number of aliphatic hydroxyl groups is 1. The van der Waals surface area contributed by atoms with E-state index in [-0.39, 0.29) is 18.7 Å². The zero-order chi connectivity index (χ0) is 14.7. The van der Waals surface area contributed by atoms with Gasteiger partial charge in [-0.25, -0.2) is 13.8 Å². The second-order valence-corrected chi connectivity index (χ2v) is 5.16. The summed E-state index contributed by atoms with van der Waals surface area (Å²) < 4.78 is 25.6. The van der Waals surface area contributed by atoms with E-state index in [1.807, 2.05) is 0 Å². The Hall–Kier alpha value is -1.80. The van der Waals surface area contributed by atoms with Crippen LogP contribution >= 0.6 is 11.3 Å². The van der Waals surface area contributed by atoms with E-state index >= 15 is 0 Å². The highest BCUT2D eigenvalue weighted by molar-refractivity contribution is 7.22. The van der Waals surface area contributed by atoms with Crippen molar-refractivity contribution in [2.45, 2.75) is 6.43 Å². The van der Waals surface area contributed by atoms with Crippen molar-refractivity contribution in [2.75, 3.05) is 25.4 Å². The van der Waals surface area contributed by atoms with E-state index < -0.39 is 18.9 Å². The molecule has 0 spiro atoms. The van der Waals surface area contributed by atoms with E-state index in [2.05, 4.69) is 4.98 Å². The average molecular weight is 301 g/mol. The average Bonchev–Trinajstić information content (AvgIpc) is 2.75. The Labute approximate surface area is 117 Å². The van der Waals surface area contributed by atoms with Crippen LogP contribution in [0.15, 0.2) is 18.2 Å². The molecule has 1 aromatic heterocycles. The fourth-order valence-corrected chi connectivity index (χ4v) is 2.59. The van der Waals surface area contributed by atoms with E-state index in [4.69, 9.17) is 10.8 Å². The number of nitrogens with zero attached hydrogens (tertiary/aromatic N) is 2. The Balaban J connectivity index is 2.27. The van der Waals surface area contributed by atoms with E-state index in [1.54, 1.807) is 12.1 Å². The number of amides is 1. The number of aromatic nitrogens is 1. The summed E-state index contributed by atoms with van der Waals surface area (Å²) in [6, 6.07) is 4.70. The van der Waals surface area contributed by atoms with Crippen LogP contribution in [0.5, 0.6) is 0 Å². The maximum absolute atomic E-state index is 12.4. The lowest BCUT2D eigenvalue weighted by molar-refractivity contribution is 0.0509. The third-order valence-electron chi connectivity index (χ3n) is 2.67. The van der Waals surface area contributed by atoms with Crippen LogP contribution in [0.3, 0.4) is 0 Å². The van der Waals surface area contributed by atoms with E-state index in [9.17, 15) is 13.6 Å². The first-order chi connectivity index (χ1) is 9.51. The minimum atomic E-state index is -2.65. The molecule has 0 atom stereocenters. The molecule has 0 fully saturated rings. The number of anilines is 1. The summed E-state index contributed by atoms with van der Waals surface area (Å²) in [7, 11) is 0. The van der Waals surface area contributed by atoms with Crippen molar-refractivity contribution in [2.24, 2.45) is 0 Å². The highest BCUT2D eigenvalue weighted by Crippen LogP contribution is 2.25. The monoisotopic (exact) mass is 301 g/mol. The predicted molar refractivity (Wildman–Crippen MR) is 73.0 cm³/mol. The predicted octanol–water partition coefficient (Wildman–Crippen LogP) is 1.58. The van der Waals surface area contributed by atoms with Gasteiger partial charge in [-0.3, -0.25) is 4.79 Å². The van der Waals surface area contributed by atoms with Crippen molar-refractivity contribution < 1.29 is 18.7 Å². The molecule has 3 N–H and O–H groups in total. The molecule has 2 rings (SSSR count). The number of benzene rings is 1. The molecule has 20 heavy (non-hydrogen) atoms. The van der Waals surface area contributed by atoms with Crippen molar-refractivity contribution in [1.29, 1.82) is 0 Å². The number of nitrogens with two attached hydrogens (primary N) is 1. The smallest absolute Gasteiger partial charge is 0.255 e. The fourth-order valence-electron chi connectivity index (χ4n) is 1.82. The molecule has 0 unspecified atom stereocenters. The first-order valence-electron chi connectivity index (χ1n) is 5.85. The Bertz CT molecular complexity index is 618. The first kappa shape index (κ1) is 14.6. The second-order valence-electron chi connectivity index (χ2n) is 4.10. The van der Waals surface area contributed by atoms with Gasteiger partial charge in [0, 0.05) is 12.1 Å². The molecule has 0 saturated carbocycles. The molecule has 0 aliphatic rings. The van der Waals surface area contributed by atoms with Gasteiger partial charge in [0.25, 0.3) is 12.3 Å². The van der Waals surface area contributed by atoms with E-state index in [0.29, 0.717) is 15.3 Å². The summed E-state index contributed by atoms with van der Waals surface area (Å²) in [5.41, 5.74) is 6.50. The highest BCUT2D eigenvalue weighted by atomic mass is 32.1. The van der Waals surface area contributed by atoms with Crippen molar-refractivity contribution in [3.05, 3.63) is 23.8 Å². The van der Waals surface area contributed by atoms with Gasteiger partial charge in [-0.15, -0.1) is 0 Å². The summed E-state index contributed by atoms with van der Waals surface area (Å²) in [5.74, 6) is -0.548. The number of hydrogen-bond acceptors (Lipinski definition) is 5. The Morgan fingerprint density at radius 3 is 2.90 bits per heavy atom. The van der Waals surface area contributed by atoms with Gasteiger partial charge in [0.05, 0.1) is 23.4 Å². The number of nitrogen functional groups attached to an aromatic ring is 1. The van der Waals surface area contributed by atoms with Gasteiger partial charge in [0.2, 0.25) is 0 Å². The molecule has 1 amide bonds. The number of carbonyl (C=O) groups excluding carboxylic acids is 1. The summed E-state index contributed by atoms with van der Waals surface area (Å²) in [6.45, 7) is -1.21. The number of halogens is 2. The SMILES string of the molecule is Nc1nc2ccc(C(=O)N(CCO)CC(F)F)cc2s1. The van der Waals surface area contributed by atoms with Gasteiger partial charge < -0.3 is 15.7 Å². The molecular weight excluding hydrogens is 288 g/mol. The first-order valence-corrected chi connectivity index (χ1v) is 6.67. The number of thiazole rings is 1. The Kier molecular flexibility index (Phi) is 4.46. The lowest BCUT2D eigenvalue weighted by Crippen LogP contribution is -2.37. The molecule has 108 valence electrons. The minimum absolute atomic E-state index is 0.133. The van der Waals surface area contributed by atoms with Crippen molar-refractivity contribution in [3.63, 3.8) is 0 Å². The lowest BCUT2D eigenvalue weighted by atomic mass is 10.2. The number of carbonyl (C=O) groups is 1.